The molecular formula is C32H32N6O9S. The van der Waals surface area contributed by atoms with Gasteiger partial charge in [-0.2, -0.15) is 4.98 Å². The highest BCUT2D eigenvalue weighted by Gasteiger charge is 2.44. The molecule has 0 unspecified atom stereocenters. The molecule has 15 nitrogen and oxygen atoms in total. The second kappa shape index (κ2) is 11.6. The van der Waals surface area contributed by atoms with Gasteiger partial charge in [-0.1, -0.05) is 6.07 Å². The second-order valence-corrected chi connectivity index (χ2v) is 14.2. The van der Waals surface area contributed by atoms with Crippen molar-refractivity contribution in [1.29, 1.82) is 0 Å². The van der Waals surface area contributed by atoms with Crippen molar-refractivity contribution >= 4 is 49.5 Å². The van der Waals surface area contributed by atoms with Gasteiger partial charge in [0.05, 0.1) is 44.7 Å². The largest absolute Gasteiger partial charge is 0.489 e. The number of nitrogens with zero attached hydrogens (tertiary/aromatic N) is 3. The van der Waals surface area contributed by atoms with Crippen LogP contribution in [0.3, 0.4) is 0 Å². The molecule has 0 saturated carbocycles. The molecule has 2 aromatic carbocycles. The number of aromatic nitrogens is 2. The van der Waals surface area contributed by atoms with Gasteiger partial charge in [-0.3, -0.25) is 14.9 Å². The lowest BCUT2D eigenvalue weighted by atomic mass is 9.91. The molecule has 0 bridgehead atoms. The minimum Gasteiger partial charge on any atom is -0.489 e. The first-order chi connectivity index (χ1) is 23.2. The van der Waals surface area contributed by atoms with Gasteiger partial charge < -0.3 is 39.9 Å². The van der Waals surface area contributed by atoms with Gasteiger partial charge in [-0.25, -0.2) is 8.42 Å². The SMILES string of the molecule is NC(=O)c1cccc(S(=O)(=O)c2cc3c(c([N+](=O)[O-])c2)N[C@H](C2CCOCC2)CO3)c1N1c2cc3cc[nH]c3nc2O[C@H]2COCC[C@@H]21. The van der Waals surface area contributed by atoms with E-state index in [9.17, 15) is 23.3 Å². The van der Waals surface area contributed by atoms with Crippen LogP contribution in [0.2, 0.25) is 0 Å². The Labute approximate surface area is 274 Å². The zero-order valence-corrected chi connectivity index (χ0v) is 26.4. The molecule has 16 heteroatoms. The number of nitro benzene ring substituents is 1. The Bertz CT molecular complexity index is 2060. The zero-order valence-electron chi connectivity index (χ0n) is 25.6. The molecule has 2 fully saturated rings. The Balaban J connectivity index is 1.29. The average molecular weight is 677 g/mol. The number of pyridine rings is 1. The van der Waals surface area contributed by atoms with Crippen LogP contribution < -0.4 is 25.4 Å². The van der Waals surface area contributed by atoms with Crippen LogP contribution in [0.4, 0.5) is 22.7 Å². The van der Waals surface area contributed by atoms with Crippen LogP contribution in [0.25, 0.3) is 11.0 Å². The highest BCUT2D eigenvalue weighted by Crippen LogP contribution is 2.49. The van der Waals surface area contributed by atoms with Crippen molar-refractivity contribution < 1.29 is 37.1 Å². The number of nitrogens with one attached hydrogen (secondary N) is 2. The lowest BCUT2D eigenvalue weighted by molar-refractivity contribution is -0.384. The van der Waals surface area contributed by atoms with Crippen LogP contribution in [0.5, 0.6) is 11.6 Å². The molecule has 4 aromatic rings. The molecule has 0 radical (unpaired) electrons. The fourth-order valence-corrected chi connectivity index (χ4v) is 8.66. The Kier molecular flexibility index (Phi) is 7.38. The van der Waals surface area contributed by atoms with Crippen LogP contribution >= 0.6 is 0 Å². The summed E-state index contributed by atoms with van der Waals surface area (Å²) in [5.74, 6) is -0.389. The molecule has 1 amide bonds. The van der Waals surface area contributed by atoms with E-state index in [0.29, 0.717) is 37.6 Å². The normalized spacial score (nSPS) is 22.4. The summed E-state index contributed by atoms with van der Waals surface area (Å²) >= 11 is 0. The Hall–Kier alpha value is -4.93. The number of para-hydroxylation sites is 1. The number of rotatable bonds is 6. The van der Waals surface area contributed by atoms with Crippen LogP contribution in [0, 0.1) is 16.0 Å². The van der Waals surface area contributed by atoms with E-state index in [1.54, 1.807) is 11.1 Å². The molecule has 4 N–H and O–H groups in total. The van der Waals surface area contributed by atoms with Crippen molar-refractivity contribution in [3.8, 4) is 11.6 Å². The van der Waals surface area contributed by atoms with Crippen molar-refractivity contribution in [1.82, 2.24) is 9.97 Å². The van der Waals surface area contributed by atoms with Crippen molar-refractivity contribution in [2.45, 2.75) is 47.2 Å². The van der Waals surface area contributed by atoms with E-state index in [2.05, 4.69) is 15.3 Å². The Morgan fingerprint density at radius 1 is 1.06 bits per heavy atom. The molecule has 0 aliphatic carbocycles. The molecule has 8 rings (SSSR count). The maximum absolute atomic E-state index is 14.7. The zero-order chi connectivity index (χ0) is 33.2. The van der Waals surface area contributed by atoms with Crippen molar-refractivity contribution in [2.24, 2.45) is 11.7 Å². The summed E-state index contributed by atoms with van der Waals surface area (Å²) in [4.78, 5) is 33.6. The molecule has 2 saturated heterocycles. The molecule has 3 atom stereocenters. The Morgan fingerprint density at radius 2 is 1.88 bits per heavy atom. The lowest BCUT2D eigenvalue weighted by Crippen LogP contribution is -2.53. The number of nitro groups is 1. The van der Waals surface area contributed by atoms with Crippen LogP contribution in [-0.4, -0.2) is 80.4 Å². The van der Waals surface area contributed by atoms with Crippen molar-refractivity contribution in [2.75, 3.05) is 43.3 Å². The van der Waals surface area contributed by atoms with Crippen LogP contribution in [-0.2, 0) is 19.3 Å². The number of amides is 1. The van der Waals surface area contributed by atoms with E-state index in [4.69, 9.17) is 24.7 Å². The van der Waals surface area contributed by atoms with Gasteiger partial charge in [0.1, 0.15) is 24.0 Å². The quantitative estimate of drug-likeness (QED) is 0.198. The number of hydrogen-bond acceptors (Lipinski definition) is 12. The number of benzene rings is 2. The molecule has 4 aliphatic rings. The van der Waals surface area contributed by atoms with E-state index < -0.39 is 38.5 Å². The summed E-state index contributed by atoms with van der Waals surface area (Å²) in [6, 6.07) is 9.56. The number of ether oxygens (including phenoxy) is 4. The van der Waals surface area contributed by atoms with Crippen molar-refractivity contribution in [3.05, 3.63) is 64.3 Å². The maximum atomic E-state index is 14.7. The molecule has 6 heterocycles. The number of carbonyl (C=O) groups is 1. The van der Waals surface area contributed by atoms with E-state index in [-0.39, 0.29) is 63.5 Å². The van der Waals surface area contributed by atoms with E-state index in [1.165, 1.54) is 24.3 Å². The number of primary amides is 1. The summed E-state index contributed by atoms with van der Waals surface area (Å²) < 4.78 is 52.9. The standard InChI is InChI=1S/C32H32N6O9S/c33-30(39)20-2-1-3-27(29(20)37-22-7-11-45-16-26(22)47-32-24(37)12-18-4-8-34-31(18)36-32)48(42,43)19-13-23(38(40)41)28-25(14-19)46-15-21(35-28)17-5-9-44-10-6-17/h1-4,8,12-14,17,21-22,26,35H,5-7,9-11,15-16H2,(H2,33,39)(H,34,36)/t21-,22-,26-/m0/s1. The number of aromatic amines is 1. The average Bonchev–Trinajstić information content (AvgIpc) is 3.56. The first kappa shape index (κ1) is 30.4. The van der Waals surface area contributed by atoms with Crippen molar-refractivity contribution in [3.63, 3.8) is 0 Å². The third-order valence-electron chi connectivity index (χ3n) is 9.54. The highest BCUT2D eigenvalue weighted by molar-refractivity contribution is 7.91. The monoisotopic (exact) mass is 676 g/mol. The first-order valence-corrected chi connectivity index (χ1v) is 17.2. The molecule has 2 aromatic heterocycles. The number of anilines is 3. The van der Waals surface area contributed by atoms with Gasteiger partial charge in [0.15, 0.2) is 11.4 Å². The summed E-state index contributed by atoms with van der Waals surface area (Å²) in [6.45, 7) is 1.97. The van der Waals surface area contributed by atoms with Crippen LogP contribution in [0.15, 0.2) is 58.5 Å². The summed E-state index contributed by atoms with van der Waals surface area (Å²) in [7, 11) is -4.55. The van der Waals surface area contributed by atoms with E-state index in [1.807, 2.05) is 12.1 Å². The molecule has 0 spiro atoms. The molecule has 48 heavy (non-hydrogen) atoms. The van der Waals surface area contributed by atoms with Gasteiger partial charge in [0.2, 0.25) is 15.7 Å². The number of sulfone groups is 1. The smallest absolute Gasteiger partial charge is 0.297 e. The fourth-order valence-electron chi connectivity index (χ4n) is 7.16. The number of carbonyl (C=O) groups excluding carboxylic acids is 1. The third kappa shape index (κ3) is 4.98. The molecular weight excluding hydrogens is 644 g/mol. The predicted molar refractivity (Wildman–Crippen MR) is 172 cm³/mol. The number of hydrogen-bond donors (Lipinski definition) is 3. The summed E-state index contributed by atoms with van der Waals surface area (Å²) in [5.41, 5.74) is 6.58. The molecule has 250 valence electrons. The van der Waals surface area contributed by atoms with E-state index in [0.717, 1.165) is 24.3 Å². The number of nitrogens with two attached hydrogens (primary N) is 1. The second-order valence-electron chi connectivity index (χ2n) is 12.3. The number of H-pyrrole nitrogens is 1. The summed E-state index contributed by atoms with van der Waals surface area (Å²) in [5, 5.41) is 16.4. The minimum absolute atomic E-state index is 0.0298. The fraction of sp³-hybridized carbons (Fsp3) is 0.375. The topological polar surface area (TPSA) is 201 Å². The van der Waals surface area contributed by atoms with Gasteiger partial charge in [0, 0.05) is 43.5 Å². The Morgan fingerprint density at radius 3 is 2.67 bits per heavy atom. The van der Waals surface area contributed by atoms with E-state index >= 15 is 0 Å². The number of fused-ring (bicyclic) bond motifs is 4. The third-order valence-corrected chi connectivity index (χ3v) is 11.3. The van der Waals surface area contributed by atoms with Gasteiger partial charge >= 0.3 is 0 Å². The predicted octanol–water partition coefficient (Wildman–Crippen LogP) is 3.69. The van der Waals surface area contributed by atoms with Crippen LogP contribution in [0.1, 0.15) is 29.6 Å². The maximum Gasteiger partial charge on any atom is 0.297 e. The van der Waals surface area contributed by atoms with Gasteiger partial charge in [0.25, 0.3) is 11.6 Å². The minimum atomic E-state index is -4.55. The first-order valence-electron chi connectivity index (χ1n) is 15.7. The van der Waals surface area contributed by atoms with Gasteiger partial charge in [-0.15, -0.1) is 0 Å². The molecule has 4 aliphatic heterocycles. The van der Waals surface area contributed by atoms with Gasteiger partial charge in [-0.05, 0) is 49.4 Å². The summed E-state index contributed by atoms with van der Waals surface area (Å²) in [6.07, 6.45) is 3.18. The lowest BCUT2D eigenvalue weighted by Gasteiger charge is -2.45. The highest BCUT2D eigenvalue weighted by atomic mass is 32.2.